The van der Waals surface area contributed by atoms with Gasteiger partial charge in [-0.1, -0.05) is 0 Å². The first-order valence-corrected chi connectivity index (χ1v) is 4.05. The summed E-state index contributed by atoms with van der Waals surface area (Å²) in [4.78, 5) is 12.9. The predicted molar refractivity (Wildman–Crippen MR) is 44.5 cm³/mol. The Morgan fingerprint density at radius 1 is 1.38 bits per heavy atom. The number of hydrogen-bond donors (Lipinski definition) is 2. The molecule has 0 unspecified atom stereocenters. The molecule has 4 nitrogen and oxygen atoms in total. The van der Waals surface area contributed by atoms with Crippen LogP contribution >= 0.6 is 0 Å². The fourth-order valence-corrected chi connectivity index (χ4v) is 1.12. The van der Waals surface area contributed by atoms with Crippen LogP contribution in [-0.4, -0.2) is 16.5 Å². The van der Waals surface area contributed by atoms with Crippen LogP contribution in [0.15, 0.2) is 11.0 Å². The average Bonchev–Trinajstić information content (AvgIpc) is 2.18. The molecule has 0 bridgehead atoms. The van der Waals surface area contributed by atoms with Gasteiger partial charge in [-0.2, -0.15) is 0 Å². The standard InChI is InChI=1S/C8H7F4NO3/c9-1-4-5(3-14)6(2-13-7(4)15)16-8(10,11)12/h2,14H,1,3H2,(H,13,15). The topological polar surface area (TPSA) is 62.3 Å². The Kier molecular flexibility index (Phi) is 3.53. The zero-order valence-corrected chi connectivity index (χ0v) is 7.77. The molecule has 0 atom stereocenters. The van der Waals surface area contributed by atoms with E-state index in [9.17, 15) is 22.4 Å². The monoisotopic (exact) mass is 241 g/mol. The lowest BCUT2D eigenvalue weighted by Crippen LogP contribution is -2.22. The van der Waals surface area contributed by atoms with Crippen LogP contribution in [0.4, 0.5) is 17.6 Å². The van der Waals surface area contributed by atoms with E-state index in [0.29, 0.717) is 6.20 Å². The number of aromatic amines is 1. The molecular formula is C8H7F4NO3. The van der Waals surface area contributed by atoms with E-state index < -0.39 is 42.1 Å². The van der Waals surface area contributed by atoms with Crippen molar-refractivity contribution in [3.63, 3.8) is 0 Å². The Labute approximate surface area is 86.5 Å². The summed E-state index contributed by atoms with van der Waals surface area (Å²) in [5.41, 5.74) is -1.99. The van der Waals surface area contributed by atoms with Gasteiger partial charge in [0.15, 0.2) is 5.75 Å². The van der Waals surface area contributed by atoms with E-state index >= 15 is 0 Å². The molecule has 0 aliphatic rings. The predicted octanol–water partition coefficient (Wildman–Crippen LogP) is 1.24. The number of hydrogen-bond acceptors (Lipinski definition) is 3. The molecule has 0 aliphatic carbocycles. The molecule has 16 heavy (non-hydrogen) atoms. The molecule has 1 aromatic heterocycles. The van der Waals surface area contributed by atoms with E-state index in [2.05, 4.69) is 4.74 Å². The van der Waals surface area contributed by atoms with E-state index in [1.165, 1.54) is 0 Å². The third kappa shape index (κ3) is 2.72. The normalized spacial score (nSPS) is 11.6. The third-order valence-electron chi connectivity index (χ3n) is 1.79. The Hall–Kier alpha value is -1.57. The van der Waals surface area contributed by atoms with Gasteiger partial charge in [-0.3, -0.25) is 4.79 Å². The molecule has 8 heteroatoms. The zero-order valence-electron chi connectivity index (χ0n) is 7.77. The molecule has 1 aromatic rings. The molecule has 0 aliphatic heterocycles. The van der Waals surface area contributed by atoms with Crippen LogP contribution in [0, 0.1) is 0 Å². The van der Waals surface area contributed by atoms with Crippen molar-refractivity contribution in [3.8, 4) is 5.75 Å². The Bertz CT molecular complexity index is 426. The second-order valence-corrected chi connectivity index (χ2v) is 2.78. The van der Waals surface area contributed by atoms with Crippen molar-refractivity contribution in [2.45, 2.75) is 19.6 Å². The maximum absolute atomic E-state index is 12.4. The van der Waals surface area contributed by atoms with Crippen molar-refractivity contribution in [1.29, 1.82) is 0 Å². The summed E-state index contributed by atoms with van der Waals surface area (Å²) in [5, 5.41) is 8.78. The van der Waals surface area contributed by atoms with Gasteiger partial charge >= 0.3 is 6.36 Å². The first kappa shape index (κ1) is 12.5. The van der Waals surface area contributed by atoms with Gasteiger partial charge in [0.25, 0.3) is 5.56 Å². The van der Waals surface area contributed by atoms with Crippen LogP contribution in [0.5, 0.6) is 5.75 Å². The zero-order chi connectivity index (χ0) is 12.3. The number of halogens is 4. The number of aromatic nitrogens is 1. The maximum Gasteiger partial charge on any atom is 0.573 e. The minimum absolute atomic E-state index is 0.511. The number of pyridine rings is 1. The summed E-state index contributed by atoms with van der Waals surface area (Å²) in [6, 6.07) is 0. The Morgan fingerprint density at radius 2 is 2.00 bits per heavy atom. The molecule has 0 aromatic carbocycles. The van der Waals surface area contributed by atoms with Crippen LogP contribution in [-0.2, 0) is 13.3 Å². The Balaban J connectivity index is 3.25. The molecule has 1 heterocycles. The lowest BCUT2D eigenvalue weighted by molar-refractivity contribution is -0.275. The highest BCUT2D eigenvalue weighted by atomic mass is 19.4. The SMILES string of the molecule is O=c1[nH]cc(OC(F)(F)F)c(CO)c1CF. The Morgan fingerprint density at radius 3 is 2.44 bits per heavy atom. The summed E-state index contributed by atoms with van der Waals surface area (Å²) in [5.74, 6) is -0.817. The van der Waals surface area contributed by atoms with Gasteiger partial charge in [0.1, 0.15) is 6.67 Å². The van der Waals surface area contributed by atoms with E-state index in [-0.39, 0.29) is 0 Å². The molecule has 90 valence electrons. The first-order valence-electron chi connectivity index (χ1n) is 4.05. The van der Waals surface area contributed by atoms with Gasteiger partial charge in [0.05, 0.1) is 12.2 Å². The molecule has 0 amide bonds. The molecule has 0 saturated carbocycles. The highest BCUT2D eigenvalue weighted by Crippen LogP contribution is 2.26. The van der Waals surface area contributed by atoms with Crippen molar-refractivity contribution in [2.75, 3.05) is 0 Å². The smallest absolute Gasteiger partial charge is 0.404 e. The lowest BCUT2D eigenvalue weighted by atomic mass is 10.1. The van der Waals surface area contributed by atoms with Crippen LogP contribution in [0.25, 0.3) is 0 Å². The largest absolute Gasteiger partial charge is 0.573 e. The third-order valence-corrected chi connectivity index (χ3v) is 1.79. The molecule has 0 radical (unpaired) electrons. The van der Waals surface area contributed by atoms with Gasteiger partial charge in [0, 0.05) is 11.8 Å². The fourth-order valence-electron chi connectivity index (χ4n) is 1.12. The van der Waals surface area contributed by atoms with E-state index in [1.807, 2.05) is 4.98 Å². The minimum atomic E-state index is -4.98. The van der Waals surface area contributed by atoms with E-state index in [4.69, 9.17) is 5.11 Å². The minimum Gasteiger partial charge on any atom is -0.404 e. The number of aliphatic hydroxyl groups excluding tert-OH is 1. The van der Waals surface area contributed by atoms with Gasteiger partial charge in [-0.05, 0) is 0 Å². The molecule has 0 fully saturated rings. The van der Waals surface area contributed by atoms with Crippen LogP contribution in [0.2, 0.25) is 0 Å². The van der Waals surface area contributed by atoms with Crippen molar-refractivity contribution < 1.29 is 27.4 Å². The second kappa shape index (κ2) is 4.52. The van der Waals surface area contributed by atoms with Crippen LogP contribution in [0.1, 0.15) is 11.1 Å². The van der Waals surface area contributed by atoms with Crippen molar-refractivity contribution in [2.24, 2.45) is 0 Å². The van der Waals surface area contributed by atoms with Gasteiger partial charge in [0.2, 0.25) is 0 Å². The number of H-pyrrole nitrogens is 1. The summed E-state index contributed by atoms with van der Waals surface area (Å²) in [6.07, 6.45) is -4.35. The summed E-state index contributed by atoms with van der Waals surface area (Å²) in [7, 11) is 0. The fraction of sp³-hybridized carbons (Fsp3) is 0.375. The van der Waals surface area contributed by atoms with Gasteiger partial charge in [-0.25, -0.2) is 4.39 Å². The average molecular weight is 241 g/mol. The number of ether oxygens (including phenoxy) is 1. The first-order chi connectivity index (χ1) is 7.39. The summed E-state index contributed by atoms with van der Waals surface area (Å²) in [6.45, 7) is -2.21. The number of aliphatic hydroxyl groups is 1. The number of rotatable bonds is 3. The number of nitrogens with one attached hydrogen (secondary N) is 1. The molecule has 1 rings (SSSR count). The van der Waals surface area contributed by atoms with Gasteiger partial charge < -0.3 is 14.8 Å². The molecule has 0 spiro atoms. The molecule has 0 saturated heterocycles. The van der Waals surface area contributed by atoms with E-state index in [1.54, 1.807) is 0 Å². The number of alkyl halides is 4. The summed E-state index contributed by atoms with van der Waals surface area (Å²) < 4.78 is 51.6. The van der Waals surface area contributed by atoms with E-state index in [0.717, 1.165) is 0 Å². The highest BCUT2D eigenvalue weighted by Gasteiger charge is 2.32. The maximum atomic E-state index is 12.4. The van der Waals surface area contributed by atoms with Crippen molar-refractivity contribution in [1.82, 2.24) is 4.98 Å². The lowest BCUT2D eigenvalue weighted by Gasteiger charge is -2.13. The molecular weight excluding hydrogens is 234 g/mol. The van der Waals surface area contributed by atoms with Crippen LogP contribution in [0.3, 0.4) is 0 Å². The van der Waals surface area contributed by atoms with Crippen molar-refractivity contribution in [3.05, 3.63) is 27.7 Å². The van der Waals surface area contributed by atoms with Crippen molar-refractivity contribution >= 4 is 0 Å². The molecule has 2 N–H and O–H groups in total. The van der Waals surface area contributed by atoms with Crippen LogP contribution < -0.4 is 10.3 Å². The highest BCUT2D eigenvalue weighted by molar-refractivity contribution is 5.36. The quantitative estimate of drug-likeness (QED) is 0.782. The van der Waals surface area contributed by atoms with Gasteiger partial charge in [-0.15, -0.1) is 13.2 Å². The second-order valence-electron chi connectivity index (χ2n) is 2.78. The summed E-state index contributed by atoms with van der Waals surface area (Å²) >= 11 is 0.